The van der Waals surface area contributed by atoms with E-state index in [0.29, 0.717) is 32.0 Å². The summed E-state index contributed by atoms with van der Waals surface area (Å²) in [6.07, 6.45) is -0.882. The van der Waals surface area contributed by atoms with Gasteiger partial charge in [0.2, 0.25) is 0 Å². The van der Waals surface area contributed by atoms with Crippen LogP contribution in [0.4, 0.5) is 13.2 Å². The molecule has 0 saturated carbocycles. The molecule has 0 spiro atoms. The van der Waals surface area contributed by atoms with E-state index < -0.39 is 29.7 Å². The van der Waals surface area contributed by atoms with Crippen molar-refractivity contribution >= 4 is 11.9 Å². The number of aromatic nitrogens is 4. The standard InChI is InChI=1S/C15H14F3N5O3/c16-15(17,18)9-4-5-12(19-7-9)23-8-10(20-21-23)13(24)22-6-2-1-3-11(22)14(25)26/h4-5,7-8,11H,1-3,6H2,(H,25,26)/t11-/m1/s1. The highest BCUT2D eigenvalue weighted by Gasteiger charge is 2.34. The summed E-state index contributed by atoms with van der Waals surface area (Å²) in [5.41, 5.74) is -1.00. The fourth-order valence-corrected chi connectivity index (χ4v) is 2.74. The normalized spacial score (nSPS) is 18.0. The summed E-state index contributed by atoms with van der Waals surface area (Å²) in [6.45, 7) is 0.293. The van der Waals surface area contributed by atoms with Gasteiger partial charge in [-0.2, -0.15) is 13.2 Å². The van der Waals surface area contributed by atoms with Crippen LogP contribution >= 0.6 is 0 Å². The van der Waals surface area contributed by atoms with Crippen LogP contribution in [-0.2, 0) is 11.0 Å². The molecule has 1 amide bonds. The molecule has 1 aliphatic rings. The molecule has 3 heterocycles. The van der Waals surface area contributed by atoms with E-state index in [1.165, 1.54) is 11.1 Å². The van der Waals surface area contributed by atoms with Crippen LogP contribution in [-0.4, -0.2) is 54.4 Å². The fraction of sp³-hybridized carbons (Fsp3) is 0.400. The van der Waals surface area contributed by atoms with Gasteiger partial charge in [0.1, 0.15) is 6.04 Å². The molecule has 11 heteroatoms. The molecule has 138 valence electrons. The number of amides is 1. The average molecular weight is 369 g/mol. The fourth-order valence-electron chi connectivity index (χ4n) is 2.74. The second kappa shape index (κ2) is 6.73. The Hall–Kier alpha value is -2.98. The summed E-state index contributed by atoms with van der Waals surface area (Å²) in [4.78, 5) is 28.7. The summed E-state index contributed by atoms with van der Waals surface area (Å²) in [6, 6.07) is 1.02. The highest BCUT2D eigenvalue weighted by molar-refractivity contribution is 5.94. The van der Waals surface area contributed by atoms with Gasteiger partial charge in [-0.15, -0.1) is 5.10 Å². The number of rotatable bonds is 3. The Balaban J connectivity index is 1.81. The van der Waals surface area contributed by atoms with Gasteiger partial charge in [-0.05, 0) is 31.4 Å². The van der Waals surface area contributed by atoms with Gasteiger partial charge in [-0.1, -0.05) is 5.21 Å². The van der Waals surface area contributed by atoms with E-state index in [0.717, 1.165) is 16.8 Å². The Morgan fingerprint density at radius 3 is 2.62 bits per heavy atom. The number of hydrogen-bond acceptors (Lipinski definition) is 5. The predicted molar refractivity (Wildman–Crippen MR) is 80.5 cm³/mol. The second-order valence-electron chi connectivity index (χ2n) is 5.80. The van der Waals surface area contributed by atoms with Crippen molar-refractivity contribution in [1.29, 1.82) is 0 Å². The number of carboxylic acids is 1. The Labute approximate surface area is 145 Å². The molecule has 2 aromatic rings. The zero-order chi connectivity index (χ0) is 18.9. The molecule has 1 aliphatic heterocycles. The Kier molecular flexibility index (Phi) is 4.62. The van der Waals surface area contributed by atoms with Crippen molar-refractivity contribution in [3.05, 3.63) is 35.8 Å². The van der Waals surface area contributed by atoms with Gasteiger partial charge in [0.15, 0.2) is 11.5 Å². The number of piperidine rings is 1. The molecule has 0 aromatic carbocycles. The van der Waals surface area contributed by atoms with Crippen LogP contribution in [0.5, 0.6) is 0 Å². The molecule has 0 bridgehead atoms. The monoisotopic (exact) mass is 369 g/mol. The van der Waals surface area contributed by atoms with E-state index >= 15 is 0 Å². The number of carbonyl (C=O) groups is 2. The number of hydrogen-bond donors (Lipinski definition) is 1. The molecule has 3 rings (SSSR count). The van der Waals surface area contributed by atoms with E-state index in [-0.39, 0.29) is 11.5 Å². The Bertz CT molecular complexity index is 819. The van der Waals surface area contributed by atoms with Crippen molar-refractivity contribution in [3.8, 4) is 5.82 Å². The SMILES string of the molecule is O=C(O)[C@H]1CCCCN1C(=O)c1cn(-c2ccc(C(F)(F)F)cn2)nn1. The quantitative estimate of drug-likeness (QED) is 0.885. The molecule has 26 heavy (non-hydrogen) atoms. The number of alkyl halides is 3. The molecular weight excluding hydrogens is 355 g/mol. The van der Waals surface area contributed by atoms with Crippen molar-refractivity contribution in [2.45, 2.75) is 31.5 Å². The summed E-state index contributed by atoms with van der Waals surface area (Å²) in [5.74, 6) is -1.62. The first kappa shape index (κ1) is 17.8. The minimum atomic E-state index is -4.50. The third kappa shape index (κ3) is 3.51. The van der Waals surface area contributed by atoms with Crippen molar-refractivity contribution < 1.29 is 27.9 Å². The minimum Gasteiger partial charge on any atom is -0.480 e. The molecule has 1 fully saturated rings. The number of carboxylic acid groups (broad SMARTS) is 1. The van der Waals surface area contributed by atoms with Gasteiger partial charge in [-0.25, -0.2) is 14.5 Å². The van der Waals surface area contributed by atoms with Gasteiger partial charge >= 0.3 is 12.1 Å². The van der Waals surface area contributed by atoms with E-state index in [2.05, 4.69) is 15.3 Å². The third-order valence-electron chi connectivity index (χ3n) is 4.07. The Morgan fingerprint density at radius 2 is 2.00 bits per heavy atom. The molecule has 1 N–H and O–H groups in total. The number of nitrogens with zero attached hydrogens (tertiary/aromatic N) is 5. The maximum Gasteiger partial charge on any atom is 0.417 e. The largest absolute Gasteiger partial charge is 0.480 e. The van der Waals surface area contributed by atoms with Gasteiger partial charge in [0.25, 0.3) is 5.91 Å². The minimum absolute atomic E-state index is 0.0537. The van der Waals surface area contributed by atoms with Gasteiger partial charge in [0, 0.05) is 12.7 Å². The summed E-state index contributed by atoms with van der Waals surface area (Å²) in [5, 5.41) is 16.6. The average Bonchev–Trinajstić information content (AvgIpc) is 3.10. The zero-order valence-corrected chi connectivity index (χ0v) is 13.3. The van der Waals surface area contributed by atoms with Crippen molar-refractivity contribution in [3.63, 3.8) is 0 Å². The lowest BCUT2D eigenvalue weighted by atomic mass is 10.0. The van der Waals surface area contributed by atoms with Crippen LogP contribution in [0.15, 0.2) is 24.5 Å². The Morgan fingerprint density at radius 1 is 1.23 bits per heavy atom. The lowest BCUT2D eigenvalue weighted by Crippen LogP contribution is -2.48. The van der Waals surface area contributed by atoms with Crippen LogP contribution in [0.25, 0.3) is 5.82 Å². The van der Waals surface area contributed by atoms with Gasteiger partial charge in [0.05, 0.1) is 11.8 Å². The molecule has 1 saturated heterocycles. The molecule has 0 radical (unpaired) electrons. The number of halogens is 3. The van der Waals surface area contributed by atoms with Crippen LogP contribution in [0.3, 0.4) is 0 Å². The number of pyridine rings is 1. The van der Waals surface area contributed by atoms with Gasteiger partial charge in [-0.3, -0.25) is 4.79 Å². The van der Waals surface area contributed by atoms with E-state index in [9.17, 15) is 27.9 Å². The van der Waals surface area contributed by atoms with Crippen LogP contribution < -0.4 is 0 Å². The van der Waals surface area contributed by atoms with Crippen LogP contribution in [0.1, 0.15) is 35.3 Å². The van der Waals surface area contributed by atoms with E-state index in [1.54, 1.807) is 0 Å². The van der Waals surface area contributed by atoms with Crippen LogP contribution in [0.2, 0.25) is 0 Å². The third-order valence-corrected chi connectivity index (χ3v) is 4.07. The first-order chi connectivity index (χ1) is 12.3. The molecule has 1 atom stereocenters. The number of carbonyl (C=O) groups excluding carboxylic acids is 1. The van der Waals surface area contributed by atoms with Gasteiger partial charge < -0.3 is 10.0 Å². The highest BCUT2D eigenvalue weighted by atomic mass is 19.4. The van der Waals surface area contributed by atoms with Crippen molar-refractivity contribution in [2.75, 3.05) is 6.54 Å². The maximum atomic E-state index is 12.6. The summed E-state index contributed by atoms with van der Waals surface area (Å²) in [7, 11) is 0. The van der Waals surface area contributed by atoms with E-state index in [1.807, 2.05) is 0 Å². The molecular formula is C15H14F3N5O3. The second-order valence-corrected chi connectivity index (χ2v) is 5.80. The smallest absolute Gasteiger partial charge is 0.417 e. The lowest BCUT2D eigenvalue weighted by Gasteiger charge is -2.32. The first-order valence-electron chi connectivity index (χ1n) is 7.77. The van der Waals surface area contributed by atoms with Crippen LogP contribution in [0, 0.1) is 0 Å². The van der Waals surface area contributed by atoms with E-state index in [4.69, 9.17) is 0 Å². The van der Waals surface area contributed by atoms with Crippen molar-refractivity contribution in [1.82, 2.24) is 24.9 Å². The molecule has 8 nitrogen and oxygen atoms in total. The topological polar surface area (TPSA) is 101 Å². The maximum absolute atomic E-state index is 12.6. The van der Waals surface area contributed by atoms with Crippen molar-refractivity contribution in [2.24, 2.45) is 0 Å². The molecule has 0 unspecified atom stereocenters. The first-order valence-corrected chi connectivity index (χ1v) is 7.77. The number of likely N-dealkylation sites (tertiary alicyclic amines) is 1. The summed E-state index contributed by atoms with van der Waals surface area (Å²) >= 11 is 0. The predicted octanol–water partition coefficient (Wildman–Crippen LogP) is 1.76. The number of aliphatic carboxylic acids is 1. The zero-order valence-electron chi connectivity index (χ0n) is 13.3. The molecule has 0 aliphatic carbocycles. The lowest BCUT2D eigenvalue weighted by molar-refractivity contribution is -0.143. The molecule has 2 aromatic heterocycles. The highest BCUT2D eigenvalue weighted by Crippen LogP contribution is 2.28. The summed E-state index contributed by atoms with van der Waals surface area (Å²) < 4.78 is 38.8.